The lowest BCUT2D eigenvalue weighted by atomic mass is 10.2. The standard InChI is InChI=1S/C15H12FNO3S/c16-11-4-6-13(7-5-11)21-9-14(18)17-12-3-1-2-10(8-12)15(19)20/h1-8H,9H2,(H,17,18)(H,19,20). The summed E-state index contributed by atoms with van der Waals surface area (Å²) in [5.41, 5.74) is 0.540. The maximum atomic E-state index is 12.7. The predicted octanol–water partition coefficient (Wildman–Crippen LogP) is 3.25. The minimum absolute atomic E-state index is 0.110. The molecule has 0 atom stereocenters. The Morgan fingerprint density at radius 1 is 1.14 bits per heavy atom. The van der Waals surface area contributed by atoms with Gasteiger partial charge in [0.25, 0.3) is 0 Å². The number of hydrogen-bond acceptors (Lipinski definition) is 3. The number of amides is 1. The van der Waals surface area contributed by atoms with Crippen LogP contribution in [-0.4, -0.2) is 22.7 Å². The minimum atomic E-state index is -1.05. The summed E-state index contributed by atoms with van der Waals surface area (Å²) in [6, 6.07) is 11.9. The highest BCUT2D eigenvalue weighted by Crippen LogP contribution is 2.18. The molecule has 0 saturated heterocycles. The average Bonchev–Trinajstić information content (AvgIpc) is 2.47. The van der Waals surface area contributed by atoms with Crippen LogP contribution < -0.4 is 5.32 Å². The number of carboxylic acid groups (broad SMARTS) is 1. The van der Waals surface area contributed by atoms with Crippen LogP contribution in [-0.2, 0) is 4.79 Å². The van der Waals surface area contributed by atoms with E-state index in [2.05, 4.69) is 5.32 Å². The zero-order valence-electron chi connectivity index (χ0n) is 10.9. The third-order valence-corrected chi connectivity index (χ3v) is 3.59. The largest absolute Gasteiger partial charge is 0.478 e. The minimum Gasteiger partial charge on any atom is -0.478 e. The first-order valence-electron chi connectivity index (χ1n) is 6.06. The summed E-state index contributed by atoms with van der Waals surface area (Å²) in [7, 11) is 0. The maximum absolute atomic E-state index is 12.7. The lowest BCUT2D eigenvalue weighted by Crippen LogP contribution is -2.14. The van der Waals surface area contributed by atoms with E-state index in [1.165, 1.54) is 36.0 Å². The fraction of sp³-hybridized carbons (Fsp3) is 0.0667. The lowest BCUT2D eigenvalue weighted by molar-refractivity contribution is -0.113. The molecule has 108 valence electrons. The smallest absolute Gasteiger partial charge is 0.335 e. The molecular weight excluding hydrogens is 293 g/mol. The monoisotopic (exact) mass is 305 g/mol. The fourth-order valence-corrected chi connectivity index (χ4v) is 2.31. The van der Waals surface area contributed by atoms with Gasteiger partial charge in [0.1, 0.15) is 5.82 Å². The van der Waals surface area contributed by atoms with Crippen LogP contribution in [0, 0.1) is 5.82 Å². The molecule has 2 rings (SSSR count). The summed E-state index contributed by atoms with van der Waals surface area (Å²) in [6.07, 6.45) is 0. The van der Waals surface area contributed by atoms with Crippen LogP contribution in [0.2, 0.25) is 0 Å². The van der Waals surface area contributed by atoms with Crippen molar-refractivity contribution >= 4 is 29.3 Å². The number of rotatable bonds is 5. The van der Waals surface area contributed by atoms with Crippen molar-refractivity contribution in [3.63, 3.8) is 0 Å². The molecule has 0 radical (unpaired) electrons. The number of carbonyl (C=O) groups excluding carboxylic acids is 1. The van der Waals surface area contributed by atoms with Crippen LogP contribution in [0.1, 0.15) is 10.4 Å². The van der Waals surface area contributed by atoms with Gasteiger partial charge in [-0.15, -0.1) is 11.8 Å². The van der Waals surface area contributed by atoms with Gasteiger partial charge in [-0.05, 0) is 42.5 Å². The Morgan fingerprint density at radius 2 is 1.86 bits per heavy atom. The van der Waals surface area contributed by atoms with E-state index in [-0.39, 0.29) is 23.0 Å². The molecule has 2 N–H and O–H groups in total. The number of anilines is 1. The predicted molar refractivity (Wildman–Crippen MR) is 79.2 cm³/mol. The highest BCUT2D eigenvalue weighted by molar-refractivity contribution is 8.00. The van der Waals surface area contributed by atoms with Crippen LogP contribution in [0.5, 0.6) is 0 Å². The Kier molecular flexibility index (Phi) is 4.94. The number of carbonyl (C=O) groups is 2. The SMILES string of the molecule is O=C(CSc1ccc(F)cc1)Nc1cccc(C(=O)O)c1. The Balaban J connectivity index is 1.91. The molecule has 0 fully saturated rings. The third-order valence-electron chi connectivity index (χ3n) is 2.58. The normalized spacial score (nSPS) is 10.1. The van der Waals surface area contributed by atoms with Gasteiger partial charge >= 0.3 is 5.97 Å². The van der Waals surface area contributed by atoms with Crippen LogP contribution in [0.3, 0.4) is 0 Å². The second-order valence-electron chi connectivity index (χ2n) is 4.18. The molecule has 0 spiro atoms. The zero-order valence-corrected chi connectivity index (χ0v) is 11.7. The van der Waals surface area contributed by atoms with Crippen molar-refractivity contribution < 1.29 is 19.1 Å². The molecule has 4 nitrogen and oxygen atoms in total. The molecule has 0 unspecified atom stereocenters. The first-order valence-corrected chi connectivity index (χ1v) is 7.05. The molecule has 6 heteroatoms. The van der Waals surface area contributed by atoms with Gasteiger partial charge in [-0.25, -0.2) is 9.18 Å². The van der Waals surface area contributed by atoms with Gasteiger partial charge in [0.2, 0.25) is 5.91 Å². The number of benzene rings is 2. The average molecular weight is 305 g/mol. The molecule has 2 aromatic rings. The summed E-state index contributed by atoms with van der Waals surface area (Å²) >= 11 is 1.27. The molecule has 1 amide bonds. The number of halogens is 1. The zero-order chi connectivity index (χ0) is 15.2. The second-order valence-corrected chi connectivity index (χ2v) is 5.23. The first kappa shape index (κ1) is 15.1. The van der Waals surface area contributed by atoms with Gasteiger partial charge in [-0.1, -0.05) is 6.07 Å². The molecule has 0 aliphatic rings. The summed E-state index contributed by atoms with van der Waals surface area (Å²) in [5.74, 6) is -1.48. The van der Waals surface area contributed by atoms with E-state index in [1.54, 1.807) is 24.3 Å². The summed E-state index contributed by atoms with van der Waals surface area (Å²) < 4.78 is 12.7. The molecule has 0 aromatic heterocycles. The maximum Gasteiger partial charge on any atom is 0.335 e. The van der Waals surface area contributed by atoms with E-state index in [0.717, 1.165) is 4.90 Å². The van der Waals surface area contributed by atoms with Gasteiger partial charge in [-0.3, -0.25) is 4.79 Å². The topological polar surface area (TPSA) is 66.4 Å². The van der Waals surface area contributed by atoms with Gasteiger partial charge < -0.3 is 10.4 Å². The Bertz CT molecular complexity index is 658. The van der Waals surface area contributed by atoms with E-state index >= 15 is 0 Å². The van der Waals surface area contributed by atoms with Gasteiger partial charge in [0.15, 0.2) is 0 Å². The van der Waals surface area contributed by atoms with Crippen molar-refractivity contribution in [3.8, 4) is 0 Å². The molecule has 0 heterocycles. The number of aromatic carboxylic acids is 1. The van der Waals surface area contributed by atoms with Gasteiger partial charge in [0, 0.05) is 10.6 Å². The van der Waals surface area contributed by atoms with E-state index in [1.807, 2.05) is 0 Å². The van der Waals surface area contributed by atoms with Crippen LogP contribution >= 0.6 is 11.8 Å². The van der Waals surface area contributed by atoms with Crippen molar-refractivity contribution in [2.24, 2.45) is 0 Å². The third kappa shape index (κ3) is 4.61. The number of nitrogens with one attached hydrogen (secondary N) is 1. The molecule has 0 aliphatic carbocycles. The second kappa shape index (κ2) is 6.90. The number of hydrogen-bond donors (Lipinski definition) is 2. The van der Waals surface area contributed by atoms with Crippen LogP contribution in [0.4, 0.5) is 10.1 Å². The van der Waals surface area contributed by atoms with Crippen molar-refractivity contribution in [2.75, 3.05) is 11.1 Å². The molecule has 2 aromatic carbocycles. The Labute approximate surface area is 125 Å². The van der Waals surface area contributed by atoms with Gasteiger partial charge in [0.05, 0.1) is 11.3 Å². The number of thioether (sulfide) groups is 1. The molecule has 0 bridgehead atoms. The molecule has 0 aliphatic heterocycles. The molecule has 0 saturated carbocycles. The summed E-state index contributed by atoms with van der Waals surface area (Å²) in [5, 5.41) is 11.5. The van der Waals surface area contributed by atoms with Crippen molar-refractivity contribution in [3.05, 3.63) is 59.9 Å². The molecule has 21 heavy (non-hydrogen) atoms. The molecular formula is C15H12FNO3S. The first-order chi connectivity index (χ1) is 10.0. The summed E-state index contributed by atoms with van der Waals surface area (Å²) in [4.78, 5) is 23.4. The highest BCUT2D eigenvalue weighted by atomic mass is 32.2. The quantitative estimate of drug-likeness (QED) is 0.832. The van der Waals surface area contributed by atoms with Gasteiger partial charge in [-0.2, -0.15) is 0 Å². The van der Waals surface area contributed by atoms with E-state index in [0.29, 0.717) is 5.69 Å². The lowest BCUT2D eigenvalue weighted by Gasteiger charge is -2.06. The van der Waals surface area contributed by atoms with E-state index in [4.69, 9.17) is 5.11 Å². The number of carboxylic acids is 1. The van der Waals surface area contributed by atoms with E-state index in [9.17, 15) is 14.0 Å². The van der Waals surface area contributed by atoms with Crippen molar-refractivity contribution in [1.82, 2.24) is 0 Å². The van der Waals surface area contributed by atoms with E-state index < -0.39 is 5.97 Å². The highest BCUT2D eigenvalue weighted by Gasteiger charge is 2.07. The van der Waals surface area contributed by atoms with Crippen molar-refractivity contribution in [1.29, 1.82) is 0 Å². The van der Waals surface area contributed by atoms with Crippen molar-refractivity contribution in [2.45, 2.75) is 4.90 Å². The van der Waals surface area contributed by atoms with Crippen LogP contribution in [0.15, 0.2) is 53.4 Å². The summed E-state index contributed by atoms with van der Waals surface area (Å²) in [6.45, 7) is 0. The van der Waals surface area contributed by atoms with Crippen LogP contribution in [0.25, 0.3) is 0 Å². The fourth-order valence-electron chi connectivity index (χ4n) is 1.61. The Hall–Kier alpha value is -2.34. The Morgan fingerprint density at radius 3 is 2.52 bits per heavy atom.